The molecule has 0 radical (unpaired) electrons. The Balaban J connectivity index is 2.35. The van der Waals surface area contributed by atoms with Gasteiger partial charge in [-0.05, 0) is 18.2 Å². The zero-order valence-electron chi connectivity index (χ0n) is 10.4. The first-order chi connectivity index (χ1) is 9.70. The molecule has 3 rings (SSSR count). The molecular formula is C16H10O4. The lowest BCUT2D eigenvalue weighted by molar-refractivity contribution is 0.112. The summed E-state index contributed by atoms with van der Waals surface area (Å²) in [5.74, 6) is -0.162. The Hall–Kier alpha value is -2.88. The smallest absolute Gasteiger partial charge is 0.344 e. The third-order valence-corrected chi connectivity index (χ3v) is 3.13. The molecular weight excluding hydrogens is 256 g/mol. The lowest BCUT2D eigenvalue weighted by Crippen LogP contribution is -2.04. The normalized spacial score (nSPS) is 10.6. The molecule has 1 aromatic heterocycles. The number of hydrogen-bond donors (Lipinski definition) is 1. The van der Waals surface area contributed by atoms with Gasteiger partial charge in [-0.2, -0.15) is 0 Å². The number of fused-ring (bicyclic) bond motifs is 1. The van der Waals surface area contributed by atoms with Crippen molar-refractivity contribution in [3.8, 4) is 16.9 Å². The van der Waals surface area contributed by atoms with Crippen LogP contribution in [0.3, 0.4) is 0 Å². The molecule has 4 nitrogen and oxygen atoms in total. The first-order valence-electron chi connectivity index (χ1n) is 6.01. The van der Waals surface area contributed by atoms with Crippen LogP contribution in [0.25, 0.3) is 22.1 Å². The number of hydrogen-bond acceptors (Lipinski definition) is 4. The summed E-state index contributed by atoms with van der Waals surface area (Å²) in [6.45, 7) is 0. The second kappa shape index (κ2) is 4.66. The van der Waals surface area contributed by atoms with Gasteiger partial charge in [0, 0.05) is 10.9 Å². The van der Waals surface area contributed by atoms with Crippen molar-refractivity contribution in [2.75, 3.05) is 0 Å². The van der Waals surface area contributed by atoms with Gasteiger partial charge in [0.25, 0.3) is 0 Å². The van der Waals surface area contributed by atoms with Gasteiger partial charge >= 0.3 is 5.63 Å². The average Bonchev–Trinajstić information content (AvgIpc) is 2.46. The maximum atomic E-state index is 12.0. The molecule has 0 aliphatic carbocycles. The van der Waals surface area contributed by atoms with Gasteiger partial charge in [-0.1, -0.05) is 30.3 Å². The Bertz CT molecular complexity index is 862. The highest BCUT2D eigenvalue weighted by Crippen LogP contribution is 2.28. The second-order valence-corrected chi connectivity index (χ2v) is 4.34. The van der Waals surface area contributed by atoms with Crippen LogP contribution in [0, 0.1) is 0 Å². The Morgan fingerprint density at radius 3 is 2.60 bits per heavy atom. The molecule has 0 fully saturated rings. The molecule has 0 atom stereocenters. The van der Waals surface area contributed by atoms with Gasteiger partial charge in [-0.15, -0.1) is 0 Å². The lowest BCUT2D eigenvalue weighted by atomic mass is 10.00. The van der Waals surface area contributed by atoms with Crippen molar-refractivity contribution >= 4 is 17.3 Å². The Morgan fingerprint density at radius 2 is 1.80 bits per heavy atom. The van der Waals surface area contributed by atoms with Crippen LogP contribution in [0.2, 0.25) is 0 Å². The molecule has 1 N–H and O–H groups in total. The molecule has 0 saturated heterocycles. The van der Waals surface area contributed by atoms with Gasteiger partial charge in [0.15, 0.2) is 6.29 Å². The molecule has 0 aliphatic heterocycles. The maximum absolute atomic E-state index is 12.0. The predicted molar refractivity (Wildman–Crippen MR) is 75.0 cm³/mol. The van der Waals surface area contributed by atoms with Crippen LogP contribution < -0.4 is 5.63 Å². The minimum absolute atomic E-state index is 0.0788. The second-order valence-electron chi connectivity index (χ2n) is 4.34. The summed E-state index contributed by atoms with van der Waals surface area (Å²) in [6, 6.07) is 13.3. The van der Waals surface area contributed by atoms with E-state index in [9.17, 15) is 14.7 Å². The van der Waals surface area contributed by atoms with E-state index >= 15 is 0 Å². The van der Waals surface area contributed by atoms with Crippen molar-refractivity contribution in [3.05, 3.63) is 64.5 Å². The van der Waals surface area contributed by atoms with Crippen LogP contribution >= 0.6 is 0 Å². The fraction of sp³-hybridized carbons (Fsp3) is 0. The van der Waals surface area contributed by atoms with Gasteiger partial charge in [0.2, 0.25) is 0 Å². The van der Waals surface area contributed by atoms with E-state index in [1.54, 1.807) is 30.3 Å². The van der Waals surface area contributed by atoms with Crippen molar-refractivity contribution in [2.24, 2.45) is 0 Å². The van der Waals surface area contributed by atoms with Gasteiger partial charge in [-0.25, -0.2) is 4.79 Å². The molecule has 98 valence electrons. The Labute approximate surface area is 113 Å². The number of phenolic OH excluding ortho intramolecular Hbond substituents is 1. The summed E-state index contributed by atoms with van der Waals surface area (Å²) in [5.41, 5.74) is 0.628. The third-order valence-electron chi connectivity index (χ3n) is 3.13. The van der Waals surface area contributed by atoms with Crippen LogP contribution in [0.4, 0.5) is 0 Å². The first kappa shape index (κ1) is 12.2. The monoisotopic (exact) mass is 266 g/mol. The van der Waals surface area contributed by atoms with Gasteiger partial charge in [0.1, 0.15) is 11.3 Å². The van der Waals surface area contributed by atoms with Crippen molar-refractivity contribution in [1.82, 2.24) is 0 Å². The van der Waals surface area contributed by atoms with Gasteiger partial charge in [-0.3, -0.25) is 4.79 Å². The highest BCUT2D eigenvalue weighted by molar-refractivity contribution is 5.92. The third kappa shape index (κ3) is 1.87. The van der Waals surface area contributed by atoms with Crippen LogP contribution in [0.5, 0.6) is 5.75 Å². The molecule has 0 aliphatic rings. The van der Waals surface area contributed by atoms with Crippen LogP contribution in [-0.2, 0) is 0 Å². The summed E-state index contributed by atoms with van der Waals surface area (Å²) in [5, 5.41) is 10.4. The van der Waals surface area contributed by atoms with Gasteiger partial charge in [0.05, 0.1) is 11.1 Å². The summed E-state index contributed by atoms with van der Waals surface area (Å²) >= 11 is 0. The zero-order chi connectivity index (χ0) is 14.1. The molecule has 20 heavy (non-hydrogen) atoms. The number of benzene rings is 2. The molecule has 3 aromatic rings. The van der Waals surface area contributed by atoms with E-state index in [1.165, 1.54) is 6.07 Å². The minimum atomic E-state index is -0.544. The van der Waals surface area contributed by atoms with Crippen molar-refractivity contribution in [2.45, 2.75) is 0 Å². The van der Waals surface area contributed by atoms with E-state index in [4.69, 9.17) is 4.42 Å². The molecule has 2 aromatic carbocycles. The fourth-order valence-corrected chi connectivity index (χ4v) is 2.16. The van der Waals surface area contributed by atoms with Crippen LogP contribution in [-0.4, -0.2) is 11.4 Å². The van der Waals surface area contributed by atoms with E-state index in [0.717, 1.165) is 5.39 Å². The number of para-hydroxylation sites is 1. The van der Waals surface area contributed by atoms with E-state index in [2.05, 4.69) is 0 Å². The minimum Gasteiger partial charge on any atom is -0.507 e. The van der Waals surface area contributed by atoms with Crippen LogP contribution in [0.1, 0.15) is 10.4 Å². The summed E-state index contributed by atoms with van der Waals surface area (Å²) < 4.78 is 5.23. The number of carbonyl (C=O) groups excluding carboxylic acids is 1. The SMILES string of the molecule is O=Cc1c(O)cccc1-c1cc2ccccc2oc1=O. The number of aldehydes is 1. The summed E-state index contributed by atoms with van der Waals surface area (Å²) in [4.78, 5) is 23.2. The van der Waals surface area contributed by atoms with Gasteiger partial charge < -0.3 is 9.52 Å². The average molecular weight is 266 g/mol. The largest absolute Gasteiger partial charge is 0.507 e. The van der Waals surface area contributed by atoms with E-state index in [1.807, 2.05) is 12.1 Å². The highest BCUT2D eigenvalue weighted by Gasteiger charge is 2.13. The molecule has 0 unspecified atom stereocenters. The Morgan fingerprint density at radius 1 is 1.00 bits per heavy atom. The Kier molecular flexibility index (Phi) is 2.84. The first-order valence-corrected chi connectivity index (χ1v) is 6.01. The van der Waals surface area contributed by atoms with Crippen molar-refractivity contribution in [3.63, 3.8) is 0 Å². The fourth-order valence-electron chi connectivity index (χ4n) is 2.16. The van der Waals surface area contributed by atoms with E-state index in [0.29, 0.717) is 17.4 Å². The van der Waals surface area contributed by atoms with Crippen LogP contribution in [0.15, 0.2) is 57.7 Å². The number of phenols is 1. The molecule has 0 saturated carbocycles. The number of carbonyl (C=O) groups is 1. The van der Waals surface area contributed by atoms with Crippen molar-refractivity contribution in [1.29, 1.82) is 0 Å². The topological polar surface area (TPSA) is 67.5 Å². The summed E-state index contributed by atoms with van der Waals surface area (Å²) in [7, 11) is 0. The molecule has 4 heteroatoms. The highest BCUT2D eigenvalue weighted by atomic mass is 16.4. The predicted octanol–water partition coefficient (Wildman–Crippen LogP) is 2.98. The van der Waals surface area contributed by atoms with E-state index in [-0.39, 0.29) is 16.9 Å². The molecule has 0 amide bonds. The standard InChI is InChI=1S/C16H10O4/c17-9-13-11(5-3-6-14(13)18)12-8-10-4-1-2-7-15(10)20-16(12)19/h1-9,18H. The molecule has 0 bridgehead atoms. The number of rotatable bonds is 2. The quantitative estimate of drug-likeness (QED) is 0.572. The van der Waals surface area contributed by atoms with Crippen molar-refractivity contribution < 1.29 is 14.3 Å². The van der Waals surface area contributed by atoms with E-state index < -0.39 is 5.63 Å². The zero-order valence-corrected chi connectivity index (χ0v) is 10.4. The lowest BCUT2D eigenvalue weighted by Gasteiger charge is -2.06. The molecule has 1 heterocycles. The maximum Gasteiger partial charge on any atom is 0.344 e. The summed E-state index contributed by atoms with van der Waals surface area (Å²) in [6.07, 6.45) is 0.527. The molecule has 0 spiro atoms. The number of aromatic hydroxyl groups is 1.